The third kappa shape index (κ3) is 3.32. The van der Waals surface area contributed by atoms with Crippen LogP contribution in [0.15, 0.2) is 53.9 Å². The molecule has 1 aromatic carbocycles. The summed E-state index contributed by atoms with van der Waals surface area (Å²) in [6.45, 7) is 1.86. The highest BCUT2D eigenvalue weighted by molar-refractivity contribution is 6.03. The van der Waals surface area contributed by atoms with Gasteiger partial charge in [-0.2, -0.15) is 23.3 Å². The number of carbonyl (C=O) groups excluding carboxylic acids is 1. The van der Waals surface area contributed by atoms with Gasteiger partial charge in [0.15, 0.2) is 0 Å². The van der Waals surface area contributed by atoms with Crippen molar-refractivity contribution in [2.75, 3.05) is 0 Å². The Hall–Kier alpha value is -2.74. The molecule has 1 atom stereocenters. The summed E-state index contributed by atoms with van der Waals surface area (Å²) in [7, 11) is 0. The molecular formula is C18H16F3N3O2. The van der Waals surface area contributed by atoms with Crippen molar-refractivity contribution in [2.24, 2.45) is 5.10 Å². The monoisotopic (exact) mass is 363 g/mol. The third-order valence-electron chi connectivity index (χ3n) is 4.15. The highest BCUT2D eigenvalue weighted by atomic mass is 19.4. The number of amides is 1. The number of aromatic nitrogens is 1. The number of benzene rings is 1. The number of aryl methyl sites for hydroxylation is 1. The Balaban J connectivity index is 1.93. The van der Waals surface area contributed by atoms with E-state index < -0.39 is 24.2 Å². The molecule has 8 heteroatoms. The van der Waals surface area contributed by atoms with E-state index in [0.29, 0.717) is 11.1 Å². The van der Waals surface area contributed by atoms with Crippen LogP contribution in [0.4, 0.5) is 13.2 Å². The lowest BCUT2D eigenvalue weighted by Gasteiger charge is -2.32. The highest BCUT2D eigenvalue weighted by Gasteiger charge is 2.63. The molecule has 1 aromatic heterocycles. The minimum absolute atomic E-state index is 0.0461. The average molecular weight is 363 g/mol. The van der Waals surface area contributed by atoms with E-state index in [1.165, 1.54) is 18.5 Å². The molecule has 136 valence electrons. The second kappa shape index (κ2) is 6.53. The Kier molecular flexibility index (Phi) is 4.53. The van der Waals surface area contributed by atoms with E-state index in [-0.39, 0.29) is 17.1 Å². The first kappa shape index (κ1) is 18.1. The number of aliphatic hydroxyl groups is 1. The summed E-state index contributed by atoms with van der Waals surface area (Å²) in [5.74, 6) is -0.937. The highest BCUT2D eigenvalue weighted by Crippen LogP contribution is 2.41. The van der Waals surface area contributed by atoms with Crippen molar-refractivity contribution in [3.63, 3.8) is 0 Å². The molecule has 0 fully saturated rings. The van der Waals surface area contributed by atoms with Gasteiger partial charge in [-0.1, -0.05) is 35.9 Å². The topological polar surface area (TPSA) is 65.8 Å². The number of carbonyl (C=O) groups is 1. The molecular weight excluding hydrogens is 347 g/mol. The van der Waals surface area contributed by atoms with Crippen LogP contribution in [0.25, 0.3) is 0 Å². The lowest BCUT2D eigenvalue weighted by atomic mass is 10.0. The van der Waals surface area contributed by atoms with Crippen molar-refractivity contribution < 1.29 is 23.1 Å². The quantitative estimate of drug-likeness (QED) is 0.912. The first-order valence-corrected chi connectivity index (χ1v) is 7.86. The van der Waals surface area contributed by atoms with Gasteiger partial charge in [0.1, 0.15) is 0 Å². The number of halogens is 3. The van der Waals surface area contributed by atoms with Crippen LogP contribution in [-0.2, 0) is 11.2 Å². The van der Waals surface area contributed by atoms with Gasteiger partial charge in [-0.15, -0.1) is 0 Å². The number of hydrogen-bond acceptors (Lipinski definition) is 4. The van der Waals surface area contributed by atoms with Gasteiger partial charge in [-0.05, 0) is 18.6 Å². The SMILES string of the molecule is Cc1ccc(CC(=O)N2N=C(c3cccnc3)C[C@@]2(O)C(F)(F)F)cc1. The van der Waals surface area contributed by atoms with Crippen LogP contribution in [-0.4, -0.2) is 38.6 Å². The molecule has 1 N–H and O–H groups in total. The molecule has 0 saturated heterocycles. The predicted octanol–water partition coefficient (Wildman–Crippen LogP) is 2.82. The van der Waals surface area contributed by atoms with Crippen LogP contribution in [0.5, 0.6) is 0 Å². The van der Waals surface area contributed by atoms with Gasteiger partial charge in [-0.25, -0.2) is 0 Å². The van der Waals surface area contributed by atoms with Gasteiger partial charge in [0.2, 0.25) is 5.91 Å². The Morgan fingerprint density at radius 2 is 1.96 bits per heavy atom. The zero-order valence-corrected chi connectivity index (χ0v) is 13.9. The fourth-order valence-corrected chi connectivity index (χ4v) is 2.68. The molecule has 0 radical (unpaired) electrons. The van der Waals surface area contributed by atoms with Gasteiger partial charge in [-0.3, -0.25) is 9.78 Å². The summed E-state index contributed by atoms with van der Waals surface area (Å²) in [6, 6.07) is 9.89. The fraction of sp³-hybridized carbons (Fsp3) is 0.278. The van der Waals surface area contributed by atoms with Gasteiger partial charge < -0.3 is 5.11 Å². The molecule has 0 spiro atoms. The largest absolute Gasteiger partial charge is 0.438 e. The van der Waals surface area contributed by atoms with Crippen molar-refractivity contribution in [1.29, 1.82) is 0 Å². The summed E-state index contributed by atoms with van der Waals surface area (Å²) in [4.78, 5) is 16.3. The molecule has 0 saturated carbocycles. The van der Waals surface area contributed by atoms with Crippen LogP contribution in [0.2, 0.25) is 0 Å². The third-order valence-corrected chi connectivity index (χ3v) is 4.15. The predicted molar refractivity (Wildman–Crippen MR) is 88.1 cm³/mol. The van der Waals surface area contributed by atoms with Crippen LogP contribution in [0.1, 0.15) is 23.1 Å². The Bertz CT molecular complexity index is 835. The molecule has 1 amide bonds. The Morgan fingerprint density at radius 3 is 2.54 bits per heavy atom. The van der Waals surface area contributed by atoms with E-state index in [2.05, 4.69) is 10.1 Å². The first-order valence-electron chi connectivity index (χ1n) is 7.86. The summed E-state index contributed by atoms with van der Waals surface area (Å²) in [5, 5.41) is 14.2. The zero-order chi connectivity index (χ0) is 18.9. The van der Waals surface area contributed by atoms with Crippen LogP contribution >= 0.6 is 0 Å². The summed E-state index contributed by atoms with van der Waals surface area (Å²) in [6.07, 6.45) is -3.40. The second-order valence-electron chi connectivity index (χ2n) is 6.15. The molecule has 5 nitrogen and oxygen atoms in total. The minimum atomic E-state index is -5.05. The molecule has 26 heavy (non-hydrogen) atoms. The van der Waals surface area contributed by atoms with Crippen molar-refractivity contribution in [3.05, 3.63) is 65.5 Å². The number of alkyl halides is 3. The zero-order valence-electron chi connectivity index (χ0n) is 13.9. The van der Waals surface area contributed by atoms with Crippen molar-refractivity contribution >= 4 is 11.6 Å². The fourth-order valence-electron chi connectivity index (χ4n) is 2.68. The van der Waals surface area contributed by atoms with E-state index in [0.717, 1.165) is 5.56 Å². The smallest absolute Gasteiger partial charge is 0.362 e. The van der Waals surface area contributed by atoms with E-state index >= 15 is 0 Å². The summed E-state index contributed by atoms with van der Waals surface area (Å²) < 4.78 is 40.5. The molecule has 2 aromatic rings. The standard InChI is InChI=1S/C18H16F3N3O2/c1-12-4-6-13(7-5-12)9-16(25)24-17(26,18(19,20)21)10-15(23-24)14-3-2-8-22-11-14/h2-8,11,26H,9-10H2,1H3/t17-/m1/s1. The molecule has 3 rings (SSSR count). The number of hydrazone groups is 1. The maximum atomic E-state index is 13.5. The minimum Gasteiger partial charge on any atom is -0.362 e. The van der Waals surface area contributed by atoms with Gasteiger partial charge in [0, 0.05) is 18.0 Å². The summed E-state index contributed by atoms with van der Waals surface area (Å²) in [5.41, 5.74) is -1.60. The molecule has 0 aliphatic carbocycles. The lowest BCUT2D eigenvalue weighted by molar-refractivity contribution is -0.302. The van der Waals surface area contributed by atoms with E-state index in [1.807, 2.05) is 6.92 Å². The van der Waals surface area contributed by atoms with Crippen molar-refractivity contribution in [3.8, 4) is 0 Å². The van der Waals surface area contributed by atoms with Crippen LogP contribution in [0, 0.1) is 6.92 Å². The summed E-state index contributed by atoms with van der Waals surface area (Å²) >= 11 is 0. The molecule has 0 unspecified atom stereocenters. The van der Waals surface area contributed by atoms with E-state index in [1.54, 1.807) is 30.3 Å². The lowest BCUT2D eigenvalue weighted by Crippen LogP contribution is -2.57. The molecule has 2 heterocycles. The Morgan fingerprint density at radius 1 is 1.27 bits per heavy atom. The number of nitrogens with zero attached hydrogens (tertiary/aromatic N) is 3. The van der Waals surface area contributed by atoms with Crippen LogP contribution in [0.3, 0.4) is 0 Å². The van der Waals surface area contributed by atoms with Crippen LogP contribution < -0.4 is 0 Å². The molecule has 1 aliphatic rings. The van der Waals surface area contributed by atoms with Gasteiger partial charge in [0.05, 0.1) is 18.6 Å². The molecule has 1 aliphatic heterocycles. The average Bonchev–Trinajstić information content (AvgIpc) is 2.97. The van der Waals surface area contributed by atoms with Crippen molar-refractivity contribution in [1.82, 2.24) is 9.99 Å². The Labute approximate surface area is 147 Å². The molecule has 0 bridgehead atoms. The maximum Gasteiger partial charge on any atom is 0.438 e. The van der Waals surface area contributed by atoms with E-state index in [4.69, 9.17) is 0 Å². The number of rotatable bonds is 3. The first-order chi connectivity index (χ1) is 12.2. The number of pyridine rings is 1. The van der Waals surface area contributed by atoms with E-state index in [9.17, 15) is 23.1 Å². The van der Waals surface area contributed by atoms with Crippen molar-refractivity contribution in [2.45, 2.75) is 31.7 Å². The normalized spacial score (nSPS) is 20.2. The van der Waals surface area contributed by atoms with Gasteiger partial charge >= 0.3 is 6.18 Å². The second-order valence-corrected chi connectivity index (χ2v) is 6.15. The maximum absolute atomic E-state index is 13.5. The number of hydrogen-bond donors (Lipinski definition) is 1. The van der Waals surface area contributed by atoms with Gasteiger partial charge in [0.25, 0.3) is 5.72 Å².